The molecule has 0 bridgehead atoms. The van der Waals surface area contributed by atoms with E-state index in [0.29, 0.717) is 33.1 Å². The van der Waals surface area contributed by atoms with E-state index in [1.807, 2.05) is 37.8 Å². The number of halogens is 2. The Morgan fingerprint density at radius 3 is 1.65 bits per heavy atom. The van der Waals surface area contributed by atoms with Gasteiger partial charge in [-0.15, -0.1) is 22.7 Å². The van der Waals surface area contributed by atoms with Crippen LogP contribution >= 0.6 is 22.7 Å². The van der Waals surface area contributed by atoms with E-state index in [-0.39, 0.29) is 52.0 Å². The number of hydrogen-bond donors (Lipinski definition) is 6. The van der Waals surface area contributed by atoms with E-state index in [9.17, 15) is 38.2 Å². The molecule has 0 spiro atoms. The van der Waals surface area contributed by atoms with Gasteiger partial charge in [-0.25, -0.2) is 28.7 Å². The van der Waals surface area contributed by atoms with Crippen LogP contribution < -0.4 is 21.3 Å². The standard InChI is InChI=1S/C25H33F2N5O3S.C24H35N5O3S/c1-14-8-17(29-12-24(5)6-7-24)28-10-16(14)19-18(22(34)32-13-25(26,27)9-15(32)2)31-21(36-19)20(33)30-11-23(3,4)35;1-14-11-17(28-23(3,4)5)25-12-16(14)19-18(22(31)29-10-8-9-15(29)2)27-21(33-19)20(30)26-13-24(6,7)32/h8,10,15,35H,6-7,9,11-13H2,1-5H3,(H,28,29)(H,30,33);11-12,15,32H,8-10,13H2,1-7H3,(H,25,28)(H,26,30)/t2*15-/m00/s1. The van der Waals surface area contributed by atoms with Crippen LogP contribution in [0.4, 0.5) is 20.4 Å². The molecule has 7 rings (SSSR count). The van der Waals surface area contributed by atoms with Gasteiger partial charge in [-0.3, -0.25) is 19.2 Å². The van der Waals surface area contributed by atoms with Crippen molar-refractivity contribution in [3.8, 4) is 20.9 Å². The first-order valence-electron chi connectivity index (χ1n) is 23.4. The highest BCUT2D eigenvalue weighted by Crippen LogP contribution is 2.45. The van der Waals surface area contributed by atoms with E-state index < -0.39 is 53.9 Å². The van der Waals surface area contributed by atoms with Crippen molar-refractivity contribution in [2.75, 3.05) is 43.4 Å². The fourth-order valence-electron chi connectivity index (χ4n) is 7.86. The van der Waals surface area contributed by atoms with Gasteiger partial charge in [0.05, 0.1) is 27.5 Å². The van der Waals surface area contributed by atoms with Gasteiger partial charge in [-0.05, 0) is 131 Å². The summed E-state index contributed by atoms with van der Waals surface area (Å²) in [5.41, 5.74) is 1.36. The van der Waals surface area contributed by atoms with Gasteiger partial charge in [0.25, 0.3) is 29.6 Å². The molecule has 0 radical (unpaired) electrons. The van der Waals surface area contributed by atoms with E-state index in [1.54, 1.807) is 47.0 Å². The maximum Gasteiger partial charge on any atom is 0.280 e. The Kier molecular flexibility index (Phi) is 15.6. The summed E-state index contributed by atoms with van der Waals surface area (Å²) in [6.45, 7) is 23.1. The number of aromatic nitrogens is 4. The maximum absolute atomic E-state index is 14.0. The van der Waals surface area contributed by atoms with Crippen LogP contribution in [0.5, 0.6) is 0 Å². The van der Waals surface area contributed by atoms with E-state index in [0.717, 1.165) is 58.1 Å². The van der Waals surface area contributed by atoms with Gasteiger partial charge < -0.3 is 41.3 Å². The van der Waals surface area contributed by atoms with E-state index in [1.165, 1.54) is 24.2 Å². The Hall–Kier alpha value is -5.18. The molecule has 0 aromatic carbocycles. The number of hydrogen-bond acceptors (Lipinski definition) is 14. The topological polar surface area (TPSA) is 215 Å². The number of amides is 4. The number of likely N-dealkylation sites (tertiary alicyclic amines) is 2. The molecule has 4 aromatic rings. The second-order valence-electron chi connectivity index (χ2n) is 21.5. The van der Waals surface area contributed by atoms with Gasteiger partial charge in [-0.2, -0.15) is 0 Å². The highest BCUT2D eigenvalue weighted by molar-refractivity contribution is 7.17. The summed E-state index contributed by atoms with van der Waals surface area (Å²) in [7, 11) is 0. The minimum absolute atomic E-state index is 0.0134. The number of aryl methyl sites for hydroxylation is 2. The number of alkyl halides is 2. The van der Waals surface area contributed by atoms with Crippen LogP contribution in [0.1, 0.15) is 153 Å². The third-order valence-corrected chi connectivity index (χ3v) is 14.2. The number of aliphatic hydroxyl groups is 2. The van der Waals surface area contributed by atoms with Gasteiger partial charge in [0.1, 0.15) is 23.0 Å². The fourth-order valence-corrected chi connectivity index (χ4v) is 9.95. The minimum atomic E-state index is -2.97. The molecule has 6 heterocycles. The molecule has 3 fully saturated rings. The molecule has 69 heavy (non-hydrogen) atoms. The number of thiazole rings is 2. The van der Waals surface area contributed by atoms with E-state index in [2.05, 4.69) is 68.9 Å². The monoisotopic (exact) mass is 994 g/mol. The van der Waals surface area contributed by atoms with Crippen molar-refractivity contribution >= 4 is 57.9 Å². The van der Waals surface area contributed by atoms with Crippen LogP contribution in [0, 0.1) is 19.3 Å². The van der Waals surface area contributed by atoms with Crippen molar-refractivity contribution in [2.24, 2.45) is 5.41 Å². The molecule has 376 valence electrons. The smallest absolute Gasteiger partial charge is 0.280 e. The van der Waals surface area contributed by atoms with Crippen molar-refractivity contribution in [1.29, 1.82) is 0 Å². The number of carbonyl (C=O) groups excluding carboxylic acids is 4. The lowest BCUT2D eigenvalue weighted by atomic mass is 10.1. The van der Waals surface area contributed by atoms with Crippen LogP contribution in [0.2, 0.25) is 0 Å². The molecule has 3 aliphatic rings. The lowest BCUT2D eigenvalue weighted by molar-refractivity contribution is 0.0117. The zero-order valence-corrected chi connectivity index (χ0v) is 43.5. The number of anilines is 2. The third kappa shape index (κ3) is 14.0. The number of rotatable bonds is 14. The number of nitrogens with zero attached hydrogens (tertiary/aromatic N) is 6. The summed E-state index contributed by atoms with van der Waals surface area (Å²) in [5, 5.41) is 32.1. The molecular formula is C49H68F2N10O6S2. The Labute approximate surface area is 411 Å². The van der Waals surface area contributed by atoms with Crippen molar-refractivity contribution in [3.63, 3.8) is 0 Å². The van der Waals surface area contributed by atoms with Crippen LogP contribution in [0.15, 0.2) is 24.5 Å². The SMILES string of the molecule is Cc1cc(NC(C)(C)C)ncc1-c1sc(C(=O)NCC(C)(C)O)nc1C(=O)N1CCC[C@@H]1C.Cc1cc(NCC2(C)CC2)ncc1-c1sc(C(=O)NCC(C)(C)O)nc1C(=O)N1CC(F)(F)C[C@@H]1C. The van der Waals surface area contributed by atoms with Crippen LogP contribution in [-0.2, 0) is 0 Å². The first kappa shape index (κ1) is 53.2. The lowest BCUT2D eigenvalue weighted by Crippen LogP contribution is -2.38. The molecule has 2 atom stereocenters. The van der Waals surface area contributed by atoms with Gasteiger partial charge in [-0.1, -0.05) is 6.92 Å². The molecule has 6 N–H and O–H groups in total. The number of pyridine rings is 2. The van der Waals surface area contributed by atoms with Crippen LogP contribution in [0.3, 0.4) is 0 Å². The largest absolute Gasteiger partial charge is 0.389 e. The Morgan fingerprint density at radius 2 is 1.25 bits per heavy atom. The molecular weight excluding hydrogens is 927 g/mol. The highest BCUT2D eigenvalue weighted by atomic mass is 32.1. The van der Waals surface area contributed by atoms with Gasteiger partial charge in [0.2, 0.25) is 0 Å². The molecule has 4 aromatic heterocycles. The summed E-state index contributed by atoms with van der Waals surface area (Å²) in [4.78, 5) is 74.2. The molecule has 16 nitrogen and oxygen atoms in total. The molecule has 1 aliphatic carbocycles. The van der Waals surface area contributed by atoms with Gasteiger partial charge in [0, 0.05) is 73.7 Å². The Morgan fingerprint density at radius 1 is 0.768 bits per heavy atom. The first-order valence-corrected chi connectivity index (χ1v) is 25.0. The fraction of sp³-hybridized carbons (Fsp3) is 0.592. The van der Waals surface area contributed by atoms with Crippen molar-refractivity contribution < 1.29 is 38.2 Å². The summed E-state index contributed by atoms with van der Waals surface area (Å²) in [5.74, 6) is -3.28. The van der Waals surface area contributed by atoms with Gasteiger partial charge in [0.15, 0.2) is 10.0 Å². The van der Waals surface area contributed by atoms with Crippen LogP contribution in [0.25, 0.3) is 20.9 Å². The number of carbonyl (C=O) groups is 4. The van der Waals surface area contributed by atoms with Crippen molar-refractivity contribution in [3.05, 3.63) is 57.1 Å². The lowest BCUT2D eigenvalue weighted by Gasteiger charge is -2.22. The zero-order chi connectivity index (χ0) is 51.0. The zero-order valence-electron chi connectivity index (χ0n) is 41.8. The summed E-state index contributed by atoms with van der Waals surface area (Å²) < 4.78 is 28.1. The second-order valence-corrected chi connectivity index (χ2v) is 23.5. The first-order chi connectivity index (χ1) is 31.9. The normalized spacial score (nSPS) is 18.6. The van der Waals surface area contributed by atoms with Crippen molar-refractivity contribution in [1.82, 2.24) is 40.4 Å². The quantitative estimate of drug-likeness (QED) is 0.0710. The molecule has 4 amide bonds. The van der Waals surface area contributed by atoms with Gasteiger partial charge >= 0.3 is 0 Å². The summed E-state index contributed by atoms with van der Waals surface area (Å²) in [6, 6.07) is 3.29. The number of nitrogens with one attached hydrogen (secondary N) is 4. The van der Waals surface area contributed by atoms with E-state index >= 15 is 0 Å². The Balaban J connectivity index is 0.000000228. The summed E-state index contributed by atoms with van der Waals surface area (Å²) >= 11 is 2.19. The molecule has 20 heteroatoms. The average Bonchev–Trinajstić information content (AvgIpc) is 3.66. The second kappa shape index (κ2) is 20.3. The minimum Gasteiger partial charge on any atom is -0.389 e. The average molecular weight is 995 g/mol. The van der Waals surface area contributed by atoms with Crippen LogP contribution in [-0.4, -0.2) is 131 Å². The predicted octanol–water partition coefficient (Wildman–Crippen LogP) is 7.95. The molecule has 0 unspecified atom stereocenters. The van der Waals surface area contributed by atoms with E-state index in [4.69, 9.17) is 0 Å². The Bertz CT molecular complexity index is 2560. The highest BCUT2D eigenvalue weighted by Gasteiger charge is 2.46. The molecule has 2 aliphatic heterocycles. The third-order valence-electron chi connectivity index (χ3n) is 12.0. The molecule has 1 saturated carbocycles. The predicted molar refractivity (Wildman–Crippen MR) is 266 cm³/mol. The van der Waals surface area contributed by atoms with Crippen molar-refractivity contribution in [2.45, 2.75) is 150 Å². The summed E-state index contributed by atoms with van der Waals surface area (Å²) in [6.07, 6.45) is 7.21. The maximum atomic E-state index is 14.0. The molecule has 2 saturated heterocycles.